The molecule has 0 saturated carbocycles. The van der Waals surface area contributed by atoms with Crippen LogP contribution in [0.3, 0.4) is 0 Å². The summed E-state index contributed by atoms with van der Waals surface area (Å²) in [5.74, 6) is 0. The molecule has 0 aliphatic carbocycles. The van der Waals surface area contributed by atoms with Crippen LogP contribution in [0.2, 0.25) is 0 Å². The van der Waals surface area contributed by atoms with Gasteiger partial charge in [-0.05, 0) is 17.7 Å². The number of benzene rings is 1. The second-order valence-corrected chi connectivity index (χ2v) is 4.23. The molecule has 0 bridgehead atoms. The number of nitrogens with zero attached hydrogens (tertiary/aromatic N) is 3. The Kier molecular flexibility index (Phi) is 2.52. The fourth-order valence-electron chi connectivity index (χ4n) is 2.03. The number of aliphatic hydroxyl groups is 1. The normalized spacial score (nSPS) is 17.9. The topological polar surface area (TPSA) is 62.5 Å². The van der Waals surface area contributed by atoms with Gasteiger partial charge in [0, 0.05) is 18.0 Å². The Bertz CT molecular complexity index is 568. The molecule has 1 aromatic rings. The highest BCUT2D eigenvalue weighted by molar-refractivity contribution is 5.65. The van der Waals surface area contributed by atoms with Crippen LogP contribution in [-0.2, 0) is 0 Å². The van der Waals surface area contributed by atoms with Gasteiger partial charge in [0.05, 0.1) is 30.5 Å². The van der Waals surface area contributed by atoms with Crippen LogP contribution < -0.4 is 5.43 Å². The molecule has 0 radical (unpaired) electrons. The monoisotopic (exact) mass is 240 g/mol. The van der Waals surface area contributed by atoms with Crippen molar-refractivity contribution in [3.63, 3.8) is 0 Å². The Morgan fingerprint density at radius 3 is 2.67 bits per heavy atom. The molecule has 2 N–H and O–H groups in total. The summed E-state index contributed by atoms with van der Waals surface area (Å²) in [6.45, 7) is 0.751. The molecule has 5 heteroatoms. The number of nitrogens with one attached hydrogen (secondary N) is 1. The molecule has 18 heavy (non-hydrogen) atoms. The van der Waals surface area contributed by atoms with Crippen LogP contribution in [0.5, 0.6) is 0 Å². The summed E-state index contributed by atoms with van der Waals surface area (Å²) in [6.07, 6.45) is 3.87. The van der Waals surface area contributed by atoms with Gasteiger partial charge >= 0.3 is 0 Å². The second kappa shape index (κ2) is 4.18. The molecule has 0 atom stereocenters. The summed E-state index contributed by atoms with van der Waals surface area (Å²) in [4.78, 5) is 0. The maximum absolute atomic E-state index is 9.06. The molecule has 90 valence electrons. The lowest BCUT2D eigenvalue weighted by molar-refractivity contribution is 0.0851. The fraction of sp³-hybridized carbons (Fsp3) is 0.154. The molecule has 0 fully saturated rings. The van der Waals surface area contributed by atoms with Gasteiger partial charge in [0.15, 0.2) is 0 Å². The van der Waals surface area contributed by atoms with E-state index in [1.165, 1.54) is 0 Å². The van der Waals surface area contributed by atoms with E-state index >= 15 is 0 Å². The Hall–Kier alpha value is -2.29. The smallest absolute Gasteiger partial charge is 0.0991 e. The molecule has 2 aliphatic heterocycles. The molecular weight excluding hydrogens is 228 g/mol. The van der Waals surface area contributed by atoms with Gasteiger partial charge in [-0.2, -0.15) is 5.26 Å². The summed E-state index contributed by atoms with van der Waals surface area (Å²) in [6, 6.07) is 9.52. The summed E-state index contributed by atoms with van der Waals surface area (Å²) in [5, 5.41) is 21.6. The molecule has 2 heterocycles. The quantitative estimate of drug-likeness (QED) is 0.800. The van der Waals surface area contributed by atoms with Crippen molar-refractivity contribution in [1.82, 2.24) is 15.6 Å². The van der Waals surface area contributed by atoms with Crippen LogP contribution in [0.4, 0.5) is 0 Å². The third-order valence-corrected chi connectivity index (χ3v) is 2.99. The number of hydrogen-bond acceptors (Lipinski definition) is 5. The summed E-state index contributed by atoms with van der Waals surface area (Å²) in [7, 11) is 0. The van der Waals surface area contributed by atoms with Gasteiger partial charge in [-0.25, -0.2) is 0 Å². The van der Waals surface area contributed by atoms with Crippen molar-refractivity contribution in [3.8, 4) is 6.07 Å². The third-order valence-electron chi connectivity index (χ3n) is 2.99. The van der Waals surface area contributed by atoms with Crippen LogP contribution >= 0.6 is 0 Å². The average molecular weight is 240 g/mol. The molecule has 0 spiro atoms. The van der Waals surface area contributed by atoms with E-state index in [4.69, 9.17) is 10.4 Å². The zero-order valence-corrected chi connectivity index (χ0v) is 9.67. The predicted molar refractivity (Wildman–Crippen MR) is 66.0 cm³/mol. The lowest BCUT2D eigenvalue weighted by atomic mass is 10.1. The van der Waals surface area contributed by atoms with Crippen molar-refractivity contribution < 1.29 is 5.11 Å². The van der Waals surface area contributed by atoms with Crippen molar-refractivity contribution in [2.45, 2.75) is 0 Å². The number of nitriles is 1. The molecule has 0 aromatic heterocycles. The van der Waals surface area contributed by atoms with Gasteiger partial charge in [-0.3, -0.25) is 10.4 Å². The number of hydrogen-bond donors (Lipinski definition) is 2. The molecule has 1 aromatic carbocycles. The van der Waals surface area contributed by atoms with Gasteiger partial charge in [-0.15, -0.1) is 5.12 Å². The van der Waals surface area contributed by atoms with E-state index in [-0.39, 0.29) is 6.61 Å². The molecule has 0 amide bonds. The predicted octanol–water partition coefficient (Wildman–Crippen LogP) is 0.784. The number of fused-ring (bicyclic) bond motifs is 1. The maximum atomic E-state index is 9.06. The molecule has 5 nitrogen and oxygen atoms in total. The minimum absolute atomic E-state index is 0.0781. The van der Waals surface area contributed by atoms with Gasteiger partial charge < -0.3 is 5.11 Å². The van der Waals surface area contributed by atoms with Gasteiger partial charge in [-0.1, -0.05) is 12.1 Å². The fourth-order valence-corrected chi connectivity index (χ4v) is 2.03. The molecule has 3 rings (SSSR count). The lowest BCUT2D eigenvalue weighted by Gasteiger charge is -2.18. The van der Waals surface area contributed by atoms with Gasteiger partial charge in [0.1, 0.15) is 0 Å². The van der Waals surface area contributed by atoms with Crippen LogP contribution in [0, 0.1) is 11.3 Å². The Morgan fingerprint density at radius 2 is 2.06 bits per heavy atom. The van der Waals surface area contributed by atoms with E-state index in [0.29, 0.717) is 12.1 Å². The molecule has 0 unspecified atom stereocenters. The summed E-state index contributed by atoms with van der Waals surface area (Å²) < 4.78 is 0. The average Bonchev–Trinajstić information content (AvgIpc) is 2.96. The molecular formula is C13H12N4O. The maximum Gasteiger partial charge on any atom is 0.0991 e. The van der Waals surface area contributed by atoms with E-state index in [0.717, 1.165) is 16.8 Å². The lowest BCUT2D eigenvalue weighted by Crippen LogP contribution is -2.36. The first-order valence-corrected chi connectivity index (χ1v) is 5.65. The van der Waals surface area contributed by atoms with E-state index in [9.17, 15) is 0 Å². The van der Waals surface area contributed by atoms with Gasteiger partial charge in [0.2, 0.25) is 0 Å². The first-order chi connectivity index (χ1) is 8.80. The highest BCUT2D eigenvalue weighted by Gasteiger charge is 2.26. The van der Waals surface area contributed by atoms with Crippen molar-refractivity contribution in [2.24, 2.45) is 0 Å². The number of hydrazine groups is 2. The number of rotatable bonds is 2. The number of aliphatic hydroxyl groups excluding tert-OH is 1. The first kappa shape index (κ1) is 10.8. The van der Waals surface area contributed by atoms with Crippen molar-refractivity contribution in [1.29, 1.82) is 5.26 Å². The highest BCUT2D eigenvalue weighted by Crippen LogP contribution is 2.25. The van der Waals surface area contributed by atoms with E-state index < -0.39 is 0 Å². The zero-order valence-electron chi connectivity index (χ0n) is 9.67. The molecule has 0 saturated heterocycles. The minimum Gasteiger partial charge on any atom is -0.392 e. The van der Waals surface area contributed by atoms with E-state index in [1.807, 2.05) is 34.7 Å². The third kappa shape index (κ3) is 1.74. The highest BCUT2D eigenvalue weighted by atomic mass is 16.3. The van der Waals surface area contributed by atoms with Crippen LogP contribution in [-0.4, -0.2) is 28.4 Å². The van der Waals surface area contributed by atoms with Crippen LogP contribution in [0.25, 0.3) is 5.70 Å². The van der Waals surface area contributed by atoms with Gasteiger partial charge in [0.25, 0.3) is 0 Å². The second-order valence-electron chi connectivity index (χ2n) is 4.23. The Labute approximate surface area is 105 Å². The standard InChI is InChI=1S/C13H12N4O/c14-5-10-1-3-12(4-2-10)13-8-16-6-11(9-18)7-17(16)15-13/h1-4,6,8,15,18H,7,9H2. The zero-order chi connectivity index (χ0) is 12.5. The summed E-state index contributed by atoms with van der Waals surface area (Å²) >= 11 is 0. The largest absolute Gasteiger partial charge is 0.392 e. The SMILES string of the molecule is N#Cc1ccc(C2=CN3C=C(CO)CN3N2)cc1. The summed E-state index contributed by atoms with van der Waals surface area (Å²) in [5.41, 5.74) is 6.88. The van der Waals surface area contributed by atoms with Crippen molar-refractivity contribution in [2.75, 3.05) is 13.2 Å². The van der Waals surface area contributed by atoms with Crippen molar-refractivity contribution in [3.05, 3.63) is 53.4 Å². The first-order valence-electron chi connectivity index (χ1n) is 5.65. The van der Waals surface area contributed by atoms with Crippen LogP contribution in [0.1, 0.15) is 11.1 Å². The van der Waals surface area contributed by atoms with Crippen molar-refractivity contribution >= 4 is 5.70 Å². The van der Waals surface area contributed by atoms with Crippen LogP contribution in [0.15, 0.2) is 42.2 Å². The molecule has 2 aliphatic rings. The van der Waals surface area contributed by atoms with E-state index in [1.54, 1.807) is 12.1 Å². The Morgan fingerprint density at radius 1 is 1.28 bits per heavy atom. The Balaban J connectivity index is 1.83. The minimum atomic E-state index is 0.0781. The van der Waals surface area contributed by atoms with E-state index in [2.05, 4.69) is 11.5 Å².